The highest BCUT2D eigenvalue weighted by Crippen LogP contribution is 2.40. The molecule has 1 amide bonds. The summed E-state index contributed by atoms with van der Waals surface area (Å²) in [5, 5.41) is 19.9. The van der Waals surface area contributed by atoms with Gasteiger partial charge in [-0.3, -0.25) is 24.2 Å². The van der Waals surface area contributed by atoms with E-state index in [1.165, 1.54) is 12.1 Å². The molecular formula is C32H31N9O3S. The van der Waals surface area contributed by atoms with Crippen molar-refractivity contribution in [1.29, 1.82) is 0 Å². The van der Waals surface area contributed by atoms with Crippen molar-refractivity contribution < 1.29 is 13.2 Å². The van der Waals surface area contributed by atoms with Gasteiger partial charge < -0.3 is 5.32 Å². The number of anilines is 2. The minimum Gasteiger partial charge on any atom is -0.322 e. The van der Waals surface area contributed by atoms with Crippen molar-refractivity contribution in [3.63, 3.8) is 0 Å². The number of hydrogen-bond acceptors (Lipinski definition) is 10. The third kappa shape index (κ3) is 6.51. The maximum atomic E-state index is 13.5. The molecule has 2 N–H and O–H groups in total. The number of hydrogen-bond donors (Lipinski definition) is 2. The molecule has 7 rings (SSSR count). The first-order valence-electron chi connectivity index (χ1n) is 14.7. The van der Waals surface area contributed by atoms with Crippen LogP contribution in [0.15, 0.2) is 128 Å². The van der Waals surface area contributed by atoms with Crippen LogP contribution in [-0.2, 0) is 14.8 Å². The van der Waals surface area contributed by atoms with Crippen LogP contribution in [0.5, 0.6) is 0 Å². The van der Waals surface area contributed by atoms with Gasteiger partial charge in [0.05, 0.1) is 27.6 Å². The normalized spacial score (nSPS) is 17.1. The van der Waals surface area contributed by atoms with E-state index in [9.17, 15) is 13.2 Å². The SMILES string of the molecule is O=C(Nc1ccc(S(=O)(=O)Nc2ccc(N=Nc3ccc(N=Nc4ccccc4)cc3)cc2)cc1)C(N1CC1)(N1CC1)N1CC1. The second-order valence-corrected chi connectivity index (χ2v) is 12.7. The monoisotopic (exact) mass is 621 g/mol. The van der Waals surface area contributed by atoms with Crippen LogP contribution in [0.1, 0.15) is 0 Å². The number of nitrogens with one attached hydrogen (secondary N) is 2. The van der Waals surface area contributed by atoms with Gasteiger partial charge in [-0.1, -0.05) is 18.2 Å². The third-order valence-electron chi connectivity index (χ3n) is 7.68. The number of amides is 1. The van der Waals surface area contributed by atoms with Crippen molar-refractivity contribution in [1.82, 2.24) is 14.7 Å². The minimum absolute atomic E-state index is 0.0881. The van der Waals surface area contributed by atoms with Gasteiger partial charge in [0, 0.05) is 50.6 Å². The standard InChI is InChI=1S/C32H31N9O3S/c42-31(32(39-18-19-39,40-20-21-40)41-22-23-41)33-24-14-16-30(17-15-24)45(43,44)38-29-12-10-28(11-13-29)37-36-27-8-6-26(7-9-27)35-34-25-4-2-1-3-5-25/h1-17,38H,18-23H2,(H,33,42). The molecule has 0 aromatic heterocycles. The van der Waals surface area contributed by atoms with E-state index in [1.54, 1.807) is 60.7 Å². The van der Waals surface area contributed by atoms with E-state index in [-0.39, 0.29) is 10.8 Å². The Bertz CT molecular complexity index is 1800. The first kappa shape index (κ1) is 28.9. The smallest absolute Gasteiger partial charge is 0.275 e. The molecule has 45 heavy (non-hydrogen) atoms. The highest BCUT2D eigenvalue weighted by molar-refractivity contribution is 7.92. The van der Waals surface area contributed by atoms with Crippen LogP contribution in [0.4, 0.5) is 34.1 Å². The Morgan fingerprint density at radius 2 is 0.956 bits per heavy atom. The Hall–Kier alpha value is -4.82. The average Bonchev–Trinajstić information content (AvgIpc) is 3.89. The molecule has 13 heteroatoms. The molecule has 0 aliphatic carbocycles. The highest BCUT2D eigenvalue weighted by Gasteiger charge is 2.63. The summed E-state index contributed by atoms with van der Waals surface area (Å²) in [6, 6.07) is 29.5. The van der Waals surface area contributed by atoms with Gasteiger partial charge in [-0.2, -0.15) is 20.5 Å². The zero-order valence-electron chi connectivity index (χ0n) is 24.3. The molecule has 0 spiro atoms. The first-order valence-corrected chi connectivity index (χ1v) is 16.2. The van der Waals surface area contributed by atoms with Gasteiger partial charge in [0.25, 0.3) is 15.9 Å². The molecule has 3 aliphatic rings. The minimum atomic E-state index is -3.85. The Morgan fingerprint density at radius 3 is 1.40 bits per heavy atom. The second-order valence-electron chi connectivity index (χ2n) is 11.0. The molecule has 4 aromatic carbocycles. The van der Waals surface area contributed by atoms with E-state index < -0.39 is 15.8 Å². The molecule has 228 valence electrons. The van der Waals surface area contributed by atoms with Crippen LogP contribution in [0.25, 0.3) is 0 Å². The summed E-state index contributed by atoms with van der Waals surface area (Å²) in [6.07, 6.45) is 0. The summed E-state index contributed by atoms with van der Waals surface area (Å²) in [7, 11) is -3.85. The van der Waals surface area contributed by atoms with Crippen molar-refractivity contribution in [2.45, 2.75) is 10.7 Å². The number of rotatable bonds is 12. The molecule has 0 radical (unpaired) electrons. The molecule has 3 aliphatic heterocycles. The zero-order chi connectivity index (χ0) is 30.9. The lowest BCUT2D eigenvalue weighted by Crippen LogP contribution is -2.61. The van der Waals surface area contributed by atoms with Crippen LogP contribution in [0, 0.1) is 0 Å². The molecule has 0 bridgehead atoms. The summed E-state index contributed by atoms with van der Waals surface area (Å²) in [5.41, 5.74) is 3.61. The Kier molecular flexibility index (Phi) is 7.67. The molecule has 4 aromatic rings. The quantitative estimate of drug-likeness (QED) is 0.150. The highest BCUT2D eigenvalue weighted by atomic mass is 32.2. The number of nitrogens with zero attached hydrogens (tertiary/aromatic N) is 7. The largest absolute Gasteiger partial charge is 0.322 e. The Labute approximate surface area is 261 Å². The van der Waals surface area contributed by atoms with Crippen LogP contribution in [-0.4, -0.2) is 74.1 Å². The van der Waals surface area contributed by atoms with Crippen molar-refractivity contribution in [3.8, 4) is 0 Å². The Morgan fingerprint density at radius 1 is 0.556 bits per heavy atom. The lowest BCUT2D eigenvalue weighted by atomic mass is 10.2. The fraction of sp³-hybridized carbons (Fsp3) is 0.219. The zero-order valence-corrected chi connectivity index (χ0v) is 25.1. The number of sulfonamides is 1. The Balaban J connectivity index is 0.949. The molecule has 12 nitrogen and oxygen atoms in total. The van der Waals surface area contributed by atoms with Crippen LogP contribution in [0.2, 0.25) is 0 Å². The average molecular weight is 622 g/mol. The number of benzene rings is 4. The van der Waals surface area contributed by atoms with E-state index in [0.717, 1.165) is 45.0 Å². The second kappa shape index (κ2) is 11.9. The van der Waals surface area contributed by atoms with Crippen molar-refractivity contribution in [2.24, 2.45) is 20.5 Å². The van der Waals surface area contributed by atoms with Gasteiger partial charge >= 0.3 is 0 Å². The molecule has 0 saturated carbocycles. The first-order chi connectivity index (χ1) is 21.9. The number of azo groups is 2. The van der Waals surface area contributed by atoms with Crippen LogP contribution in [0.3, 0.4) is 0 Å². The van der Waals surface area contributed by atoms with E-state index in [1.807, 2.05) is 30.3 Å². The summed E-state index contributed by atoms with van der Waals surface area (Å²) in [6.45, 7) is 5.36. The van der Waals surface area contributed by atoms with Crippen molar-refractivity contribution in [3.05, 3.63) is 103 Å². The number of carbonyl (C=O) groups excluding carboxylic acids is 1. The van der Waals surface area contributed by atoms with Crippen molar-refractivity contribution in [2.75, 3.05) is 49.3 Å². The van der Waals surface area contributed by atoms with Gasteiger partial charge in [-0.15, -0.1) is 0 Å². The summed E-state index contributed by atoms with van der Waals surface area (Å²) in [4.78, 5) is 20.1. The van der Waals surface area contributed by atoms with Crippen molar-refractivity contribution >= 4 is 50.1 Å². The van der Waals surface area contributed by atoms with Gasteiger partial charge in [0.2, 0.25) is 5.79 Å². The van der Waals surface area contributed by atoms with Crippen LogP contribution >= 0.6 is 0 Å². The van der Waals surface area contributed by atoms with E-state index in [2.05, 4.69) is 45.2 Å². The van der Waals surface area contributed by atoms with E-state index in [4.69, 9.17) is 0 Å². The fourth-order valence-corrected chi connectivity index (χ4v) is 6.23. The predicted octanol–water partition coefficient (Wildman–Crippen LogP) is 5.86. The van der Waals surface area contributed by atoms with Gasteiger partial charge in [0.1, 0.15) is 0 Å². The molecule has 3 saturated heterocycles. The molecule has 0 atom stereocenters. The van der Waals surface area contributed by atoms with Gasteiger partial charge in [-0.25, -0.2) is 8.42 Å². The topological polar surface area (TPSA) is 134 Å². The predicted molar refractivity (Wildman–Crippen MR) is 171 cm³/mol. The maximum absolute atomic E-state index is 13.5. The van der Waals surface area contributed by atoms with E-state index >= 15 is 0 Å². The molecule has 0 unspecified atom stereocenters. The summed E-state index contributed by atoms with van der Waals surface area (Å²) in [5.74, 6) is -0.818. The van der Waals surface area contributed by atoms with E-state index in [0.29, 0.717) is 28.4 Å². The lowest BCUT2D eigenvalue weighted by molar-refractivity contribution is -0.139. The lowest BCUT2D eigenvalue weighted by Gasteiger charge is -2.36. The van der Waals surface area contributed by atoms with Gasteiger partial charge in [-0.05, 0) is 84.9 Å². The molecule has 3 heterocycles. The molecular weight excluding hydrogens is 590 g/mol. The van der Waals surface area contributed by atoms with Gasteiger partial charge in [0.15, 0.2) is 0 Å². The van der Waals surface area contributed by atoms with Crippen LogP contribution < -0.4 is 10.0 Å². The number of carbonyl (C=O) groups is 1. The third-order valence-corrected chi connectivity index (χ3v) is 9.08. The fourth-order valence-electron chi connectivity index (χ4n) is 5.17. The summed E-state index contributed by atoms with van der Waals surface area (Å²) >= 11 is 0. The summed E-state index contributed by atoms with van der Waals surface area (Å²) < 4.78 is 28.7. The maximum Gasteiger partial charge on any atom is 0.275 e. The molecule has 3 fully saturated rings.